The monoisotopic (exact) mass is 233 g/mol. The largest absolute Gasteiger partial charge is 0.464 e. The second kappa shape index (κ2) is 7.04. The molecular weight excluding hydrogens is 222 g/mol. The van der Waals surface area contributed by atoms with Gasteiger partial charge in [-0.1, -0.05) is 30.3 Å². The van der Waals surface area contributed by atoms with Crippen molar-refractivity contribution >= 4 is 11.9 Å². The molecule has 0 unspecified atom stereocenters. The molecule has 0 aliphatic heterocycles. The van der Waals surface area contributed by atoms with Crippen molar-refractivity contribution in [1.82, 2.24) is 5.48 Å². The molecule has 0 aliphatic rings. The van der Waals surface area contributed by atoms with E-state index < -0.39 is 5.97 Å². The maximum absolute atomic E-state index is 11.1. The van der Waals surface area contributed by atoms with Gasteiger partial charge >= 0.3 is 5.97 Å². The lowest BCUT2D eigenvalue weighted by atomic mass is 10.2. The number of carbonyl (C=O) groups excluding carboxylic acids is 2. The van der Waals surface area contributed by atoms with Crippen molar-refractivity contribution in [3.05, 3.63) is 47.3 Å². The fourth-order valence-electron chi connectivity index (χ4n) is 1.04. The first-order valence-corrected chi connectivity index (χ1v) is 4.78. The minimum Gasteiger partial charge on any atom is -0.464 e. The summed E-state index contributed by atoms with van der Waals surface area (Å²) >= 11 is 0. The van der Waals surface area contributed by atoms with Crippen molar-refractivity contribution in [2.75, 3.05) is 7.11 Å². The van der Waals surface area contributed by atoms with Crippen LogP contribution < -0.4 is 5.48 Å². The van der Waals surface area contributed by atoms with Crippen LogP contribution in [0.15, 0.2) is 41.8 Å². The average molecular weight is 233 g/mol. The van der Waals surface area contributed by atoms with Gasteiger partial charge in [-0.25, -0.2) is 9.59 Å². The Balaban J connectivity index is 2.52. The average Bonchev–Trinajstić information content (AvgIpc) is 2.38. The predicted molar refractivity (Wildman–Crippen MR) is 59.1 cm³/mol. The fraction of sp³-hybridized carbons (Fsp3) is 0.167. The Morgan fingerprint density at radius 1 is 1.35 bits per heavy atom. The van der Waals surface area contributed by atoms with Crippen molar-refractivity contribution in [3.8, 4) is 0 Å². The van der Waals surface area contributed by atoms with Crippen LogP contribution in [0.2, 0.25) is 0 Å². The standard InChI is InChI=1S/C12H11NO4/c1-16-12(15)11(7-8-14)13-17-9-10-5-3-2-4-6-10/h2-6,13H,9H2,1H3. The number of methoxy groups -OCH3 is 1. The van der Waals surface area contributed by atoms with Gasteiger partial charge in [-0.3, -0.25) is 10.3 Å². The molecule has 0 fully saturated rings. The highest BCUT2D eigenvalue weighted by Gasteiger charge is 2.08. The quantitative estimate of drug-likeness (QED) is 0.267. The lowest BCUT2D eigenvalue weighted by Gasteiger charge is -2.06. The molecule has 0 heterocycles. The fourth-order valence-corrected chi connectivity index (χ4v) is 1.04. The third-order valence-corrected chi connectivity index (χ3v) is 1.82. The minimum absolute atomic E-state index is 0.224. The molecule has 17 heavy (non-hydrogen) atoms. The van der Waals surface area contributed by atoms with Crippen molar-refractivity contribution in [2.45, 2.75) is 6.61 Å². The molecule has 5 nitrogen and oxygen atoms in total. The predicted octanol–water partition coefficient (Wildman–Crippen LogP) is 0.751. The van der Waals surface area contributed by atoms with Crippen LogP contribution in [-0.4, -0.2) is 19.0 Å². The number of rotatable bonds is 5. The first-order chi connectivity index (χ1) is 8.27. The highest BCUT2D eigenvalue weighted by atomic mass is 16.6. The van der Waals surface area contributed by atoms with Crippen LogP contribution in [0.1, 0.15) is 5.56 Å². The number of benzene rings is 1. The smallest absolute Gasteiger partial charge is 0.365 e. The summed E-state index contributed by atoms with van der Waals surface area (Å²) in [6.45, 7) is 0.238. The second-order valence-electron chi connectivity index (χ2n) is 2.97. The van der Waals surface area contributed by atoms with E-state index in [1.807, 2.05) is 36.1 Å². The van der Waals surface area contributed by atoms with Crippen LogP contribution in [0.4, 0.5) is 0 Å². The Kier molecular flexibility index (Phi) is 5.28. The minimum atomic E-state index is -0.749. The number of carbonyl (C=O) groups is 1. The van der Waals surface area contributed by atoms with Crippen LogP contribution in [-0.2, 0) is 25.8 Å². The highest BCUT2D eigenvalue weighted by Crippen LogP contribution is 2.00. The van der Waals surface area contributed by atoms with Gasteiger partial charge in [-0.05, 0) is 5.56 Å². The van der Waals surface area contributed by atoms with E-state index in [0.29, 0.717) is 0 Å². The maximum Gasteiger partial charge on any atom is 0.365 e. The van der Waals surface area contributed by atoms with E-state index in [1.54, 1.807) is 0 Å². The van der Waals surface area contributed by atoms with Gasteiger partial charge < -0.3 is 4.74 Å². The number of nitrogens with one attached hydrogen (secondary N) is 1. The topological polar surface area (TPSA) is 64.6 Å². The normalized spacial score (nSPS) is 8.76. The van der Waals surface area contributed by atoms with Crippen LogP contribution in [0, 0.1) is 0 Å². The zero-order valence-corrected chi connectivity index (χ0v) is 9.23. The van der Waals surface area contributed by atoms with Crippen molar-refractivity contribution < 1.29 is 19.2 Å². The lowest BCUT2D eigenvalue weighted by Crippen LogP contribution is -2.21. The molecule has 0 aromatic heterocycles. The van der Waals surface area contributed by atoms with Gasteiger partial charge in [0.1, 0.15) is 0 Å². The Labute approximate surface area is 98.3 Å². The van der Waals surface area contributed by atoms with Gasteiger partial charge in [0.15, 0.2) is 11.6 Å². The second-order valence-corrected chi connectivity index (χ2v) is 2.97. The zero-order valence-electron chi connectivity index (χ0n) is 9.23. The Morgan fingerprint density at radius 3 is 2.65 bits per heavy atom. The summed E-state index contributed by atoms with van der Waals surface area (Å²) in [5, 5.41) is 0. The van der Waals surface area contributed by atoms with E-state index in [4.69, 9.17) is 4.84 Å². The van der Waals surface area contributed by atoms with E-state index in [-0.39, 0.29) is 12.3 Å². The van der Waals surface area contributed by atoms with E-state index >= 15 is 0 Å². The SMILES string of the molecule is COC(=O)C(=C=C=O)NOCc1ccccc1. The number of hydrogen-bond donors (Lipinski definition) is 1. The Hall–Kier alpha value is -2.32. The van der Waals surface area contributed by atoms with Gasteiger partial charge in [0.2, 0.25) is 0 Å². The molecule has 88 valence electrons. The van der Waals surface area contributed by atoms with Gasteiger partial charge in [-0.2, -0.15) is 0 Å². The molecule has 0 saturated carbocycles. The van der Waals surface area contributed by atoms with Crippen LogP contribution in [0.3, 0.4) is 0 Å². The van der Waals surface area contributed by atoms with Gasteiger partial charge in [0.05, 0.1) is 13.7 Å². The molecular formula is C12H11NO4. The van der Waals surface area contributed by atoms with Crippen LogP contribution >= 0.6 is 0 Å². The van der Waals surface area contributed by atoms with Gasteiger partial charge in [-0.15, -0.1) is 0 Å². The van der Waals surface area contributed by atoms with Gasteiger partial charge in [0.25, 0.3) is 0 Å². The third kappa shape index (κ3) is 4.36. The Bertz CT molecular complexity index is 457. The van der Waals surface area contributed by atoms with Crippen molar-refractivity contribution in [2.24, 2.45) is 0 Å². The molecule has 0 atom stereocenters. The van der Waals surface area contributed by atoms with E-state index in [9.17, 15) is 9.59 Å². The zero-order chi connectivity index (χ0) is 12.5. The summed E-state index contributed by atoms with van der Waals surface area (Å²) in [7, 11) is 1.19. The summed E-state index contributed by atoms with van der Waals surface area (Å²) in [4.78, 5) is 26.2. The molecule has 1 aromatic rings. The number of hydrogen-bond acceptors (Lipinski definition) is 5. The molecule has 0 spiro atoms. The summed E-state index contributed by atoms with van der Waals surface area (Å²) in [6.07, 6.45) is 0. The summed E-state index contributed by atoms with van der Waals surface area (Å²) in [5.74, 6) is 0.603. The number of esters is 1. The van der Waals surface area contributed by atoms with Gasteiger partial charge in [0, 0.05) is 5.73 Å². The molecule has 1 aromatic carbocycles. The molecule has 0 saturated heterocycles. The Morgan fingerprint density at radius 2 is 2.06 bits per heavy atom. The maximum atomic E-state index is 11.1. The van der Waals surface area contributed by atoms with Crippen molar-refractivity contribution in [1.29, 1.82) is 0 Å². The third-order valence-electron chi connectivity index (χ3n) is 1.82. The molecule has 5 heteroatoms. The summed E-state index contributed by atoms with van der Waals surface area (Å²) in [6, 6.07) is 9.32. The van der Waals surface area contributed by atoms with Crippen LogP contribution in [0.25, 0.3) is 0 Å². The first kappa shape index (κ1) is 12.7. The van der Waals surface area contributed by atoms with E-state index in [2.05, 4.69) is 10.2 Å². The van der Waals surface area contributed by atoms with E-state index in [1.165, 1.54) is 13.1 Å². The molecule has 0 aliphatic carbocycles. The number of hydroxylamine groups is 1. The molecule has 0 amide bonds. The van der Waals surface area contributed by atoms with E-state index in [0.717, 1.165) is 5.56 Å². The first-order valence-electron chi connectivity index (χ1n) is 4.78. The summed E-state index contributed by atoms with van der Waals surface area (Å²) < 4.78 is 4.41. The molecule has 1 rings (SSSR count). The molecule has 0 radical (unpaired) electrons. The molecule has 0 bridgehead atoms. The number of ether oxygens (including phenoxy) is 1. The van der Waals surface area contributed by atoms with Crippen LogP contribution in [0.5, 0.6) is 0 Å². The summed E-state index contributed by atoms with van der Waals surface area (Å²) in [5.41, 5.74) is 5.00. The lowest BCUT2D eigenvalue weighted by molar-refractivity contribution is -0.138. The highest BCUT2D eigenvalue weighted by molar-refractivity contribution is 5.88. The molecule has 1 N–H and O–H groups in total. The van der Waals surface area contributed by atoms with Crippen molar-refractivity contribution in [3.63, 3.8) is 0 Å².